The average molecular weight is 202 g/mol. The molecule has 6 nitrogen and oxygen atoms in total. The third kappa shape index (κ3) is 2.20. The second-order valence-corrected chi connectivity index (χ2v) is 2.41. The molecule has 0 saturated carbocycles. The van der Waals surface area contributed by atoms with Gasteiger partial charge in [0, 0.05) is 12.3 Å². The van der Waals surface area contributed by atoms with Gasteiger partial charge in [-0.1, -0.05) is 0 Å². The number of esters is 1. The molecular weight excluding hydrogens is 196 g/mol. The van der Waals surface area contributed by atoms with Crippen molar-refractivity contribution in [3.05, 3.63) is 23.8 Å². The van der Waals surface area contributed by atoms with Gasteiger partial charge in [0.05, 0.1) is 7.11 Å². The monoisotopic (exact) mass is 202 g/mol. The van der Waals surface area contributed by atoms with Crippen molar-refractivity contribution in [2.75, 3.05) is 7.11 Å². The van der Waals surface area contributed by atoms with Gasteiger partial charge in [0.2, 0.25) is 0 Å². The van der Waals surface area contributed by atoms with Crippen LogP contribution in [0.25, 0.3) is 6.20 Å². The highest BCUT2D eigenvalue weighted by Gasteiger charge is 2.07. The Hall–Kier alpha value is -2.60. The Morgan fingerprint density at radius 1 is 1.60 bits per heavy atom. The van der Waals surface area contributed by atoms with E-state index in [-0.39, 0.29) is 11.4 Å². The lowest BCUT2D eigenvalue weighted by molar-refractivity contribution is -0.134. The number of ether oxygens (including phenoxy) is 1. The van der Waals surface area contributed by atoms with E-state index in [1.807, 2.05) is 6.07 Å². The maximum atomic E-state index is 10.8. The molecule has 74 valence electrons. The summed E-state index contributed by atoms with van der Waals surface area (Å²) in [7, 11) is 1.24. The SMILES string of the molecule is COC(=O)/C=C/n1cnc(C#N)c1C#N. The molecule has 0 aliphatic rings. The van der Waals surface area contributed by atoms with Gasteiger partial charge in [0.25, 0.3) is 0 Å². The van der Waals surface area contributed by atoms with E-state index in [1.165, 1.54) is 24.2 Å². The summed E-state index contributed by atoms with van der Waals surface area (Å²) < 4.78 is 5.64. The zero-order chi connectivity index (χ0) is 11.3. The first-order valence-electron chi connectivity index (χ1n) is 3.86. The molecule has 15 heavy (non-hydrogen) atoms. The van der Waals surface area contributed by atoms with Crippen molar-refractivity contribution in [2.45, 2.75) is 0 Å². The minimum Gasteiger partial charge on any atom is -0.466 e. The number of nitrogens with zero attached hydrogens (tertiary/aromatic N) is 4. The van der Waals surface area contributed by atoms with Crippen LogP contribution < -0.4 is 0 Å². The van der Waals surface area contributed by atoms with Crippen LogP contribution in [0.2, 0.25) is 0 Å². The van der Waals surface area contributed by atoms with Crippen LogP contribution in [0, 0.1) is 22.7 Å². The first kappa shape index (κ1) is 10.5. The smallest absolute Gasteiger partial charge is 0.331 e. The van der Waals surface area contributed by atoms with Gasteiger partial charge >= 0.3 is 5.97 Å². The summed E-state index contributed by atoms with van der Waals surface area (Å²) in [4.78, 5) is 14.5. The van der Waals surface area contributed by atoms with Crippen molar-refractivity contribution in [1.29, 1.82) is 10.5 Å². The Morgan fingerprint density at radius 3 is 2.87 bits per heavy atom. The topological polar surface area (TPSA) is 91.7 Å². The number of methoxy groups -OCH3 is 1. The van der Waals surface area contributed by atoms with Gasteiger partial charge in [-0.15, -0.1) is 0 Å². The lowest BCUT2D eigenvalue weighted by atomic mass is 10.3. The fourth-order valence-electron chi connectivity index (χ4n) is 0.876. The maximum Gasteiger partial charge on any atom is 0.331 e. The van der Waals surface area contributed by atoms with Crippen LogP contribution in [-0.2, 0) is 9.53 Å². The van der Waals surface area contributed by atoms with Gasteiger partial charge in [0.1, 0.15) is 18.5 Å². The summed E-state index contributed by atoms with van der Waals surface area (Å²) in [5.41, 5.74) is 0.102. The normalized spacial score (nSPS) is 9.53. The molecule has 1 heterocycles. The first-order valence-corrected chi connectivity index (χ1v) is 3.86. The van der Waals surface area contributed by atoms with Crippen LogP contribution in [0.4, 0.5) is 0 Å². The summed E-state index contributed by atoms with van der Waals surface area (Å²) in [6.45, 7) is 0. The van der Waals surface area contributed by atoms with Gasteiger partial charge in [-0.3, -0.25) is 4.57 Å². The van der Waals surface area contributed by atoms with Crippen LogP contribution in [0.1, 0.15) is 11.4 Å². The summed E-state index contributed by atoms with van der Waals surface area (Å²) in [5.74, 6) is -0.550. The number of carbonyl (C=O) groups is 1. The molecule has 0 fully saturated rings. The number of aromatic nitrogens is 2. The Kier molecular flexibility index (Phi) is 3.20. The molecule has 0 bridgehead atoms. The third-order valence-corrected chi connectivity index (χ3v) is 1.58. The van der Waals surface area contributed by atoms with Crippen LogP contribution in [-0.4, -0.2) is 22.6 Å². The predicted octanol–water partition coefficient (Wildman–Crippen LogP) is 0.270. The molecule has 0 unspecified atom stereocenters. The van der Waals surface area contributed by atoms with Crippen molar-refractivity contribution in [1.82, 2.24) is 9.55 Å². The van der Waals surface area contributed by atoms with Crippen LogP contribution >= 0.6 is 0 Å². The second kappa shape index (κ2) is 4.58. The largest absolute Gasteiger partial charge is 0.466 e. The van der Waals surface area contributed by atoms with Gasteiger partial charge < -0.3 is 4.74 Å². The van der Waals surface area contributed by atoms with Crippen LogP contribution in [0.15, 0.2) is 12.4 Å². The van der Waals surface area contributed by atoms with Gasteiger partial charge in [-0.25, -0.2) is 9.78 Å². The van der Waals surface area contributed by atoms with E-state index in [1.54, 1.807) is 6.07 Å². The highest BCUT2D eigenvalue weighted by atomic mass is 16.5. The van der Waals surface area contributed by atoms with Crippen molar-refractivity contribution in [3.8, 4) is 12.1 Å². The summed E-state index contributed by atoms with van der Waals surface area (Å²) in [6.07, 6.45) is 3.71. The maximum absolute atomic E-state index is 10.8. The lowest BCUT2D eigenvalue weighted by Gasteiger charge is -1.93. The van der Waals surface area contributed by atoms with Crippen LogP contribution in [0.5, 0.6) is 0 Å². The molecule has 0 radical (unpaired) electrons. The van der Waals surface area contributed by atoms with Crippen molar-refractivity contribution in [2.24, 2.45) is 0 Å². The minimum absolute atomic E-state index is 0.0204. The zero-order valence-corrected chi connectivity index (χ0v) is 7.84. The van der Waals surface area contributed by atoms with E-state index in [9.17, 15) is 4.79 Å². The Morgan fingerprint density at radius 2 is 2.33 bits per heavy atom. The average Bonchev–Trinajstić information content (AvgIpc) is 2.67. The highest BCUT2D eigenvalue weighted by Crippen LogP contribution is 2.05. The molecular formula is C9H6N4O2. The van der Waals surface area contributed by atoms with Gasteiger partial charge in [0.15, 0.2) is 11.4 Å². The molecule has 1 aromatic rings. The molecule has 0 aromatic carbocycles. The third-order valence-electron chi connectivity index (χ3n) is 1.58. The molecule has 1 rings (SSSR count). The van der Waals surface area contributed by atoms with Crippen LogP contribution in [0.3, 0.4) is 0 Å². The fourth-order valence-corrected chi connectivity index (χ4v) is 0.876. The molecule has 0 aliphatic heterocycles. The van der Waals surface area contributed by atoms with E-state index in [0.717, 1.165) is 6.08 Å². The van der Waals surface area contributed by atoms with E-state index in [2.05, 4.69) is 9.72 Å². The number of rotatable bonds is 2. The van der Waals surface area contributed by atoms with E-state index in [0.29, 0.717) is 0 Å². The minimum atomic E-state index is -0.550. The highest BCUT2D eigenvalue weighted by molar-refractivity contribution is 5.84. The van der Waals surface area contributed by atoms with E-state index < -0.39 is 5.97 Å². The number of imidazole rings is 1. The van der Waals surface area contributed by atoms with Gasteiger partial charge in [-0.2, -0.15) is 10.5 Å². The standard InChI is InChI=1S/C9H6N4O2/c1-15-9(14)2-3-13-6-12-7(4-10)8(13)5-11/h2-3,6H,1H3/b3-2+. The zero-order valence-electron chi connectivity index (χ0n) is 7.84. The van der Waals surface area contributed by atoms with Crippen molar-refractivity contribution < 1.29 is 9.53 Å². The molecule has 1 aromatic heterocycles. The Balaban J connectivity index is 3.03. The van der Waals surface area contributed by atoms with Crippen molar-refractivity contribution >= 4 is 12.2 Å². The summed E-state index contributed by atoms with van der Waals surface area (Å²) in [5, 5.41) is 17.3. The number of hydrogen-bond donors (Lipinski definition) is 0. The second-order valence-electron chi connectivity index (χ2n) is 2.41. The number of carbonyl (C=O) groups excluding carboxylic acids is 1. The van der Waals surface area contributed by atoms with E-state index in [4.69, 9.17) is 10.5 Å². The van der Waals surface area contributed by atoms with Gasteiger partial charge in [-0.05, 0) is 0 Å². The Labute approximate surface area is 85.6 Å². The molecule has 6 heteroatoms. The summed E-state index contributed by atoms with van der Waals surface area (Å²) >= 11 is 0. The molecule has 0 atom stereocenters. The molecule has 0 spiro atoms. The molecule has 0 saturated heterocycles. The quantitative estimate of drug-likeness (QED) is 0.507. The first-order chi connectivity index (χ1) is 7.22. The number of hydrogen-bond acceptors (Lipinski definition) is 5. The predicted molar refractivity (Wildman–Crippen MR) is 49.0 cm³/mol. The lowest BCUT2D eigenvalue weighted by Crippen LogP contribution is -1.96. The molecule has 0 aliphatic carbocycles. The van der Waals surface area contributed by atoms with Crippen molar-refractivity contribution in [3.63, 3.8) is 0 Å². The Bertz CT molecular complexity index is 487. The summed E-state index contributed by atoms with van der Waals surface area (Å²) in [6, 6.07) is 3.58. The van der Waals surface area contributed by atoms with E-state index >= 15 is 0 Å². The molecule has 0 N–H and O–H groups in total. The molecule has 0 amide bonds. The fraction of sp³-hybridized carbons (Fsp3) is 0.111. The number of nitriles is 2.